The van der Waals surface area contributed by atoms with E-state index >= 15 is 0 Å². The summed E-state index contributed by atoms with van der Waals surface area (Å²) in [6.45, 7) is 3.42. The molecule has 2 heterocycles. The zero-order valence-electron chi connectivity index (χ0n) is 16.0. The molecule has 0 atom stereocenters. The van der Waals surface area contributed by atoms with Gasteiger partial charge in [0.05, 0.1) is 5.69 Å². The van der Waals surface area contributed by atoms with Crippen LogP contribution in [-0.2, 0) is 6.18 Å². The van der Waals surface area contributed by atoms with E-state index in [0.29, 0.717) is 22.9 Å². The van der Waals surface area contributed by atoms with Crippen molar-refractivity contribution in [3.8, 4) is 11.3 Å². The maximum absolute atomic E-state index is 12.9. The molecule has 5 nitrogen and oxygen atoms in total. The van der Waals surface area contributed by atoms with E-state index in [9.17, 15) is 18.0 Å². The number of hydrogen-bond acceptors (Lipinski definition) is 4. The SMILES string of the molecule is O=C(c1ccc(-c2ccc(C(F)(F)F)nn2)cc1)N1CCCN(C2CCC2)CC1. The normalized spacial score (nSPS) is 18.9. The van der Waals surface area contributed by atoms with Crippen molar-refractivity contribution >= 4 is 5.91 Å². The van der Waals surface area contributed by atoms with Gasteiger partial charge in [0.2, 0.25) is 0 Å². The van der Waals surface area contributed by atoms with Gasteiger partial charge in [0.25, 0.3) is 5.91 Å². The van der Waals surface area contributed by atoms with Crippen LogP contribution in [0.1, 0.15) is 41.7 Å². The Kier molecular flexibility index (Phi) is 5.54. The van der Waals surface area contributed by atoms with E-state index < -0.39 is 11.9 Å². The van der Waals surface area contributed by atoms with Crippen molar-refractivity contribution in [2.75, 3.05) is 26.2 Å². The number of alkyl halides is 3. The third kappa shape index (κ3) is 4.42. The van der Waals surface area contributed by atoms with Crippen LogP contribution < -0.4 is 0 Å². The van der Waals surface area contributed by atoms with Crippen LogP contribution >= 0.6 is 0 Å². The molecule has 1 saturated heterocycles. The van der Waals surface area contributed by atoms with Gasteiger partial charge < -0.3 is 4.90 Å². The Morgan fingerprint density at radius 1 is 0.897 bits per heavy atom. The predicted molar refractivity (Wildman–Crippen MR) is 102 cm³/mol. The summed E-state index contributed by atoms with van der Waals surface area (Å²) in [7, 11) is 0. The first-order chi connectivity index (χ1) is 13.9. The fraction of sp³-hybridized carbons (Fsp3) is 0.476. The zero-order valence-corrected chi connectivity index (χ0v) is 16.0. The smallest absolute Gasteiger partial charge is 0.337 e. The number of rotatable bonds is 3. The van der Waals surface area contributed by atoms with Crippen molar-refractivity contribution in [2.45, 2.75) is 37.9 Å². The lowest BCUT2D eigenvalue weighted by atomic mass is 9.91. The second kappa shape index (κ2) is 8.10. The Morgan fingerprint density at radius 3 is 2.24 bits per heavy atom. The molecule has 2 aliphatic rings. The van der Waals surface area contributed by atoms with Crippen LogP contribution in [0.5, 0.6) is 0 Å². The topological polar surface area (TPSA) is 49.3 Å². The number of nitrogens with zero attached hydrogens (tertiary/aromatic N) is 4. The molecule has 0 N–H and O–H groups in total. The number of amides is 1. The van der Waals surface area contributed by atoms with E-state index in [0.717, 1.165) is 38.7 Å². The molecule has 1 aromatic carbocycles. The van der Waals surface area contributed by atoms with Gasteiger partial charge in [0.1, 0.15) is 0 Å². The second-order valence-corrected chi connectivity index (χ2v) is 7.65. The Balaban J connectivity index is 1.41. The Bertz CT molecular complexity index is 848. The minimum absolute atomic E-state index is 0.00878. The lowest BCUT2D eigenvalue weighted by Crippen LogP contribution is -2.42. The quantitative estimate of drug-likeness (QED) is 0.780. The summed E-state index contributed by atoms with van der Waals surface area (Å²) in [6.07, 6.45) is 0.300. The summed E-state index contributed by atoms with van der Waals surface area (Å²) in [5, 5.41) is 6.91. The lowest BCUT2D eigenvalue weighted by Gasteiger charge is -2.36. The van der Waals surface area contributed by atoms with Gasteiger partial charge in [-0.1, -0.05) is 18.6 Å². The van der Waals surface area contributed by atoms with Gasteiger partial charge >= 0.3 is 6.18 Å². The predicted octanol–water partition coefficient (Wildman–Crippen LogP) is 3.86. The van der Waals surface area contributed by atoms with Crippen LogP contribution in [0, 0.1) is 0 Å². The van der Waals surface area contributed by atoms with Gasteiger partial charge in [0.15, 0.2) is 5.69 Å². The fourth-order valence-electron chi connectivity index (χ4n) is 3.86. The number of halogens is 3. The second-order valence-electron chi connectivity index (χ2n) is 7.65. The van der Waals surface area contributed by atoms with E-state index in [2.05, 4.69) is 15.1 Å². The molecule has 29 heavy (non-hydrogen) atoms. The monoisotopic (exact) mass is 404 g/mol. The van der Waals surface area contributed by atoms with Crippen LogP contribution in [0.4, 0.5) is 13.2 Å². The average Bonchev–Trinajstić information content (AvgIpc) is 2.92. The maximum Gasteiger partial charge on any atom is 0.435 e. The summed E-state index contributed by atoms with van der Waals surface area (Å²) in [5.41, 5.74) is 0.508. The van der Waals surface area contributed by atoms with Crippen LogP contribution in [0.25, 0.3) is 11.3 Å². The lowest BCUT2D eigenvalue weighted by molar-refractivity contribution is -0.141. The van der Waals surface area contributed by atoms with E-state index in [1.54, 1.807) is 24.3 Å². The Morgan fingerprint density at radius 2 is 1.66 bits per heavy atom. The molecule has 0 radical (unpaired) electrons. The molecule has 4 rings (SSSR count). The first-order valence-electron chi connectivity index (χ1n) is 9.96. The van der Waals surface area contributed by atoms with E-state index in [4.69, 9.17) is 0 Å². The Hall–Kier alpha value is -2.48. The minimum Gasteiger partial charge on any atom is -0.337 e. The molecule has 1 saturated carbocycles. The molecule has 1 aliphatic heterocycles. The maximum atomic E-state index is 12.9. The summed E-state index contributed by atoms with van der Waals surface area (Å²) in [6, 6.07) is 9.68. The summed E-state index contributed by atoms with van der Waals surface area (Å²) < 4.78 is 37.8. The molecule has 1 aromatic heterocycles. The molecule has 154 valence electrons. The van der Waals surface area contributed by atoms with Crippen LogP contribution in [-0.4, -0.2) is 58.1 Å². The van der Waals surface area contributed by atoms with Crippen molar-refractivity contribution in [1.29, 1.82) is 0 Å². The highest BCUT2D eigenvalue weighted by molar-refractivity contribution is 5.94. The number of benzene rings is 1. The average molecular weight is 404 g/mol. The number of aromatic nitrogens is 2. The molecule has 2 fully saturated rings. The zero-order chi connectivity index (χ0) is 20.4. The molecule has 1 aliphatic carbocycles. The third-order valence-electron chi connectivity index (χ3n) is 5.79. The Labute approximate surface area is 167 Å². The highest BCUT2D eigenvalue weighted by atomic mass is 19.4. The van der Waals surface area contributed by atoms with Crippen molar-refractivity contribution in [2.24, 2.45) is 0 Å². The van der Waals surface area contributed by atoms with Gasteiger partial charge in [-0.05, 0) is 43.5 Å². The highest BCUT2D eigenvalue weighted by Gasteiger charge is 2.33. The summed E-state index contributed by atoms with van der Waals surface area (Å²) in [5.74, 6) is -0.00878. The van der Waals surface area contributed by atoms with Gasteiger partial charge in [-0.25, -0.2) is 0 Å². The largest absolute Gasteiger partial charge is 0.435 e. The van der Waals surface area contributed by atoms with E-state index in [1.165, 1.54) is 25.3 Å². The molecule has 0 spiro atoms. The van der Waals surface area contributed by atoms with E-state index in [1.807, 2.05) is 4.90 Å². The molecular formula is C21H23F3N4O. The minimum atomic E-state index is -4.51. The van der Waals surface area contributed by atoms with Gasteiger partial charge in [-0.3, -0.25) is 9.69 Å². The van der Waals surface area contributed by atoms with E-state index in [-0.39, 0.29) is 5.91 Å². The molecular weight excluding hydrogens is 381 g/mol. The van der Waals surface area contributed by atoms with Crippen LogP contribution in [0.15, 0.2) is 36.4 Å². The van der Waals surface area contributed by atoms with Crippen molar-refractivity contribution < 1.29 is 18.0 Å². The molecule has 0 bridgehead atoms. The third-order valence-corrected chi connectivity index (χ3v) is 5.79. The highest BCUT2D eigenvalue weighted by Crippen LogP contribution is 2.28. The number of hydrogen-bond donors (Lipinski definition) is 0. The molecule has 0 unspecified atom stereocenters. The van der Waals surface area contributed by atoms with Crippen molar-refractivity contribution in [1.82, 2.24) is 20.0 Å². The molecule has 2 aromatic rings. The number of carbonyl (C=O) groups excluding carboxylic acids is 1. The van der Waals surface area contributed by atoms with Crippen molar-refractivity contribution in [3.05, 3.63) is 47.7 Å². The first kappa shape index (κ1) is 19.8. The first-order valence-corrected chi connectivity index (χ1v) is 9.96. The molecule has 1 amide bonds. The van der Waals surface area contributed by atoms with Crippen LogP contribution in [0.3, 0.4) is 0 Å². The van der Waals surface area contributed by atoms with Gasteiger partial charge in [-0.2, -0.15) is 13.2 Å². The van der Waals surface area contributed by atoms with Crippen LogP contribution in [0.2, 0.25) is 0 Å². The summed E-state index contributed by atoms with van der Waals surface area (Å²) >= 11 is 0. The van der Waals surface area contributed by atoms with Gasteiger partial charge in [-0.15, -0.1) is 10.2 Å². The van der Waals surface area contributed by atoms with Crippen molar-refractivity contribution in [3.63, 3.8) is 0 Å². The summed E-state index contributed by atoms with van der Waals surface area (Å²) in [4.78, 5) is 17.3. The fourth-order valence-corrected chi connectivity index (χ4v) is 3.86. The number of carbonyl (C=O) groups is 1. The standard InChI is InChI=1S/C21H23F3N4O/c22-21(23,24)19-10-9-18(25-26-19)15-5-7-16(8-6-15)20(29)28-12-2-11-27(13-14-28)17-3-1-4-17/h5-10,17H,1-4,11-14H2. The van der Waals surface area contributed by atoms with Gasteiger partial charge in [0, 0.05) is 43.3 Å². The molecule has 8 heteroatoms.